The van der Waals surface area contributed by atoms with E-state index in [0.717, 1.165) is 0 Å². The lowest BCUT2D eigenvalue weighted by molar-refractivity contribution is 0.971. The van der Waals surface area contributed by atoms with Crippen LogP contribution in [-0.2, 0) is 0 Å². The lowest BCUT2D eigenvalue weighted by Crippen LogP contribution is -1.96. The average molecular weight is 215 g/mol. The molecule has 0 atom stereocenters. The molecule has 2 heterocycles. The highest BCUT2D eigenvalue weighted by Gasteiger charge is 2.05. The summed E-state index contributed by atoms with van der Waals surface area (Å²) in [6.07, 6.45) is 6.40. The van der Waals surface area contributed by atoms with Crippen LogP contribution in [0.3, 0.4) is 0 Å². The highest BCUT2D eigenvalue weighted by Crippen LogP contribution is 2.17. The first-order valence-corrected chi connectivity index (χ1v) is 4.19. The molecule has 2 rings (SSSR count). The third-order valence-corrected chi connectivity index (χ3v) is 1.89. The van der Waals surface area contributed by atoms with Crippen LogP contribution in [0.1, 0.15) is 0 Å². The van der Waals surface area contributed by atoms with Gasteiger partial charge in [-0.25, -0.2) is 9.97 Å². The zero-order chi connectivity index (χ0) is 9.26. The first-order chi connectivity index (χ1) is 6.27. The Hall–Kier alpha value is -1.13. The molecule has 66 valence electrons. The molecule has 0 unspecified atom stereocenters. The molecule has 6 heteroatoms. The molecule has 0 aliphatic heterocycles. The molecule has 0 spiro atoms. The second-order valence-corrected chi connectivity index (χ2v) is 3.03. The zero-order valence-corrected chi connectivity index (χ0v) is 7.87. The number of imidazole rings is 1. The highest BCUT2D eigenvalue weighted by molar-refractivity contribution is 6.32. The third kappa shape index (κ3) is 1.64. The monoisotopic (exact) mass is 214 g/mol. The molecular formula is C7H4Cl2N4. The van der Waals surface area contributed by atoms with Gasteiger partial charge in [0.1, 0.15) is 11.3 Å². The highest BCUT2D eigenvalue weighted by atomic mass is 35.5. The van der Waals surface area contributed by atoms with Crippen molar-refractivity contribution in [3.63, 3.8) is 0 Å². The molecule has 0 aliphatic rings. The van der Waals surface area contributed by atoms with Gasteiger partial charge in [-0.2, -0.15) is 4.98 Å². The number of hydrogen-bond acceptors (Lipinski definition) is 3. The Morgan fingerprint density at radius 3 is 2.85 bits per heavy atom. The van der Waals surface area contributed by atoms with Crippen LogP contribution in [0.25, 0.3) is 5.82 Å². The van der Waals surface area contributed by atoms with Crippen molar-refractivity contribution in [1.82, 2.24) is 19.5 Å². The second kappa shape index (κ2) is 3.32. The molecule has 0 bridgehead atoms. The normalized spacial score (nSPS) is 10.3. The van der Waals surface area contributed by atoms with Crippen LogP contribution < -0.4 is 0 Å². The predicted molar refractivity (Wildman–Crippen MR) is 49.2 cm³/mol. The Bertz CT molecular complexity index is 412. The summed E-state index contributed by atoms with van der Waals surface area (Å²) >= 11 is 11.5. The maximum atomic E-state index is 5.86. The maximum Gasteiger partial charge on any atom is 0.224 e. The van der Waals surface area contributed by atoms with Crippen molar-refractivity contribution in [2.45, 2.75) is 0 Å². The fourth-order valence-corrected chi connectivity index (χ4v) is 1.22. The summed E-state index contributed by atoms with van der Waals surface area (Å²) in [5.74, 6) is 0.527. The molecule has 0 aliphatic carbocycles. The molecule has 0 saturated heterocycles. The van der Waals surface area contributed by atoms with E-state index in [1.165, 1.54) is 6.20 Å². The molecule has 4 nitrogen and oxygen atoms in total. The summed E-state index contributed by atoms with van der Waals surface area (Å²) in [4.78, 5) is 11.6. The number of rotatable bonds is 1. The van der Waals surface area contributed by atoms with E-state index in [1.807, 2.05) is 0 Å². The van der Waals surface area contributed by atoms with E-state index in [4.69, 9.17) is 23.2 Å². The van der Waals surface area contributed by atoms with Gasteiger partial charge < -0.3 is 0 Å². The van der Waals surface area contributed by atoms with E-state index in [9.17, 15) is 0 Å². The fourth-order valence-electron chi connectivity index (χ4n) is 0.903. The minimum absolute atomic E-state index is 0.160. The Morgan fingerprint density at radius 2 is 2.15 bits per heavy atom. The molecule has 2 aromatic rings. The summed E-state index contributed by atoms with van der Waals surface area (Å²) in [6, 6.07) is 0. The van der Waals surface area contributed by atoms with E-state index < -0.39 is 0 Å². The summed E-state index contributed by atoms with van der Waals surface area (Å²) < 4.78 is 1.66. The second-order valence-electron chi connectivity index (χ2n) is 2.28. The smallest absolute Gasteiger partial charge is 0.224 e. The SMILES string of the molecule is Clc1ncc(Cl)c(-n2ccnc2)n1. The maximum absolute atomic E-state index is 5.86. The third-order valence-electron chi connectivity index (χ3n) is 1.45. The fraction of sp³-hybridized carbons (Fsp3) is 0. The standard InChI is InChI=1S/C7H4Cl2N4/c8-5-3-11-7(9)12-6(5)13-2-1-10-4-13/h1-4H. The van der Waals surface area contributed by atoms with Gasteiger partial charge in [-0.3, -0.25) is 4.57 Å². The number of nitrogens with zero attached hydrogens (tertiary/aromatic N) is 4. The van der Waals surface area contributed by atoms with Gasteiger partial charge in [0.05, 0.1) is 6.20 Å². The lowest BCUT2D eigenvalue weighted by Gasteiger charge is -2.02. The van der Waals surface area contributed by atoms with E-state index in [0.29, 0.717) is 10.8 Å². The number of aromatic nitrogens is 4. The molecule has 0 radical (unpaired) electrons. The van der Waals surface area contributed by atoms with Crippen molar-refractivity contribution in [3.8, 4) is 5.82 Å². The van der Waals surface area contributed by atoms with E-state index in [-0.39, 0.29) is 5.28 Å². The molecule has 0 aromatic carbocycles. The van der Waals surface area contributed by atoms with Gasteiger partial charge >= 0.3 is 0 Å². The van der Waals surface area contributed by atoms with E-state index in [2.05, 4.69) is 15.0 Å². The lowest BCUT2D eigenvalue weighted by atomic mass is 10.6. The molecule has 2 aromatic heterocycles. The van der Waals surface area contributed by atoms with Gasteiger partial charge in [-0.1, -0.05) is 11.6 Å². The Morgan fingerprint density at radius 1 is 1.31 bits per heavy atom. The summed E-state index contributed by atoms with van der Waals surface area (Å²) in [5, 5.41) is 0.593. The Labute approximate surface area is 84.2 Å². The molecule has 0 fully saturated rings. The van der Waals surface area contributed by atoms with Gasteiger partial charge in [-0.05, 0) is 11.6 Å². The van der Waals surface area contributed by atoms with Gasteiger partial charge in [0, 0.05) is 12.4 Å². The first-order valence-electron chi connectivity index (χ1n) is 3.44. The zero-order valence-electron chi connectivity index (χ0n) is 6.35. The van der Waals surface area contributed by atoms with Gasteiger partial charge in [-0.15, -0.1) is 0 Å². The van der Waals surface area contributed by atoms with Crippen LogP contribution in [0, 0.1) is 0 Å². The molecule has 0 saturated carbocycles. The van der Waals surface area contributed by atoms with Gasteiger partial charge in [0.2, 0.25) is 5.28 Å². The minimum atomic E-state index is 0.160. The largest absolute Gasteiger partial charge is 0.289 e. The van der Waals surface area contributed by atoms with Crippen LogP contribution in [-0.4, -0.2) is 19.5 Å². The van der Waals surface area contributed by atoms with Crippen molar-refractivity contribution >= 4 is 23.2 Å². The summed E-state index contributed by atoms with van der Waals surface area (Å²) in [7, 11) is 0. The van der Waals surface area contributed by atoms with Crippen molar-refractivity contribution in [2.24, 2.45) is 0 Å². The van der Waals surface area contributed by atoms with Crippen molar-refractivity contribution in [3.05, 3.63) is 35.2 Å². The number of halogens is 2. The predicted octanol–water partition coefficient (Wildman–Crippen LogP) is 1.97. The quantitative estimate of drug-likeness (QED) is 0.683. The minimum Gasteiger partial charge on any atom is -0.289 e. The van der Waals surface area contributed by atoms with Crippen LogP contribution in [0.5, 0.6) is 0 Å². The van der Waals surface area contributed by atoms with Crippen LogP contribution in [0.15, 0.2) is 24.9 Å². The topological polar surface area (TPSA) is 43.6 Å². The van der Waals surface area contributed by atoms with E-state index in [1.54, 1.807) is 23.3 Å². The van der Waals surface area contributed by atoms with Crippen LogP contribution in [0.2, 0.25) is 10.3 Å². The van der Waals surface area contributed by atoms with Crippen LogP contribution >= 0.6 is 23.2 Å². The average Bonchev–Trinajstić information content (AvgIpc) is 2.61. The molecular weight excluding hydrogens is 211 g/mol. The molecule has 13 heavy (non-hydrogen) atoms. The molecule has 0 N–H and O–H groups in total. The van der Waals surface area contributed by atoms with Crippen molar-refractivity contribution in [1.29, 1.82) is 0 Å². The Kier molecular flexibility index (Phi) is 2.16. The Balaban J connectivity index is 2.57. The summed E-state index contributed by atoms with van der Waals surface area (Å²) in [5.41, 5.74) is 0. The van der Waals surface area contributed by atoms with Gasteiger partial charge in [0.15, 0.2) is 5.82 Å². The van der Waals surface area contributed by atoms with E-state index >= 15 is 0 Å². The van der Waals surface area contributed by atoms with Crippen molar-refractivity contribution < 1.29 is 0 Å². The first kappa shape index (κ1) is 8.47. The van der Waals surface area contributed by atoms with Crippen LogP contribution in [0.4, 0.5) is 0 Å². The van der Waals surface area contributed by atoms with Crippen molar-refractivity contribution in [2.75, 3.05) is 0 Å². The summed E-state index contributed by atoms with van der Waals surface area (Å²) in [6.45, 7) is 0. The number of hydrogen-bond donors (Lipinski definition) is 0. The molecule has 0 amide bonds. The van der Waals surface area contributed by atoms with Gasteiger partial charge in [0.25, 0.3) is 0 Å².